The molecule has 0 radical (unpaired) electrons. The smallest absolute Gasteiger partial charge is 0.143 e. The van der Waals surface area contributed by atoms with Crippen LogP contribution in [0.1, 0.15) is 96.0 Å². The lowest BCUT2D eigenvalue weighted by Crippen LogP contribution is -2.17. The van der Waals surface area contributed by atoms with Gasteiger partial charge in [0.05, 0.1) is 5.69 Å². The fourth-order valence-corrected chi connectivity index (χ4v) is 10.5. The summed E-state index contributed by atoms with van der Waals surface area (Å²) >= 11 is 0. The molecule has 0 atom stereocenters. The predicted molar refractivity (Wildman–Crippen MR) is 286 cm³/mol. The van der Waals surface area contributed by atoms with E-state index in [1.165, 1.54) is 61.2 Å². The highest BCUT2D eigenvalue weighted by atomic mass is 16.3. The molecule has 9 aromatic rings. The molecule has 0 saturated heterocycles. The van der Waals surface area contributed by atoms with Gasteiger partial charge in [-0.1, -0.05) is 201 Å². The van der Waals surface area contributed by atoms with Gasteiger partial charge in [0.2, 0.25) is 0 Å². The maximum absolute atomic E-state index is 7.14. The number of furan rings is 1. The van der Waals surface area contributed by atoms with E-state index in [9.17, 15) is 0 Å². The van der Waals surface area contributed by atoms with E-state index >= 15 is 0 Å². The molecule has 0 spiro atoms. The Labute approximate surface area is 397 Å². The van der Waals surface area contributed by atoms with Crippen molar-refractivity contribution >= 4 is 44.6 Å². The molecule has 0 bridgehead atoms. The topological polar surface area (TPSA) is 16.4 Å². The van der Waals surface area contributed by atoms with Crippen LogP contribution in [0.3, 0.4) is 0 Å². The largest absolute Gasteiger partial charge is 0.455 e. The molecule has 0 amide bonds. The third kappa shape index (κ3) is 7.53. The summed E-state index contributed by atoms with van der Waals surface area (Å²) < 4.78 is 7.14. The van der Waals surface area contributed by atoms with E-state index in [-0.39, 0.29) is 16.2 Å². The minimum absolute atomic E-state index is 0.0181. The van der Waals surface area contributed by atoms with Crippen LogP contribution in [0.15, 0.2) is 193 Å². The number of rotatable bonds is 7. The van der Waals surface area contributed by atoms with Gasteiger partial charge in [-0.25, -0.2) is 0 Å². The molecular formula is C65H59NO. The monoisotopic (exact) mass is 869 g/mol. The molecular weight excluding hydrogens is 811 g/mol. The molecule has 0 N–H and O–H groups in total. The fourth-order valence-electron chi connectivity index (χ4n) is 10.5. The first-order valence-corrected chi connectivity index (χ1v) is 24.1. The number of hydrogen-bond acceptors (Lipinski definition) is 2. The van der Waals surface area contributed by atoms with Gasteiger partial charge in [-0.3, -0.25) is 0 Å². The molecule has 67 heavy (non-hydrogen) atoms. The van der Waals surface area contributed by atoms with Crippen LogP contribution >= 0.6 is 0 Å². The van der Waals surface area contributed by atoms with Crippen LogP contribution < -0.4 is 4.90 Å². The quantitative estimate of drug-likeness (QED) is 0.159. The van der Waals surface area contributed by atoms with E-state index in [4.69, 9.17) is 4.42 Å². The van der Waals surface area contributed by atoms with Gasteiger partial charge in [0.1, 0.15) is 11.2 Å². The zero-order valence-corrected chi connectivity index (χ0v) is 40.2. The number of para-hydroxylation sites is 1. The van der Waals surface area contributed by atoms with E-state index in [0.29, 0.717) is 0 Å². The van der Waals surface area contributed by atoms with E-state index in [1.54, 1.807) is 0 Å². The average molecular weight is 870 g/mol. The summed E-state index contributed by atoms with van der Waals surface area (Å²) in [5.74, 6) is 0. The van der Waals surface area contributed by atoms with Crippen molar-refractivity contribution < 1.29 is 4.42 Å². The second-order valence-electron chi connectivity index (χ2n) is 21.3. The third-order valence-corrected chi connectivity index (χ3v) is 14.4. The van der Waals surface area contributed by atoms with Crippen molar-refractivity contribution in [3.8, 4) is 44.5 Å². The van der Waals surface area contributed by atoms with Crippen molar-refractivity contribution in [2.75, 3.05) is 4.90 Å². The molecule has 8 aromatic carbocycles. The maximum atomic E-state index is 7.14. The van der Waals surface area contributed by atoms with Crippen molar-refractivity contribution in [1.82, 2.24) is 0 Å². The molecule has 1 heterocycles. The summed E-state index contributed by atoms with van der Waals surface area (Å²) in [6.07, 6.45) is 9.07. The number of nitrogens with zero attached hydrogens (tertiary/aromatic N) is 1. The van der Waals surface area contributed by atoms with Gasteiger partial charge < -0.3 is 9.32 Å². The Morgan fingerprint density at radius 1 is 0.463 bits per heavy atom. The summed E-state index contributed by atoms with van der Waals surface area (Å²) in [4.78, 5) is 2.48. The molecule has 0 saturated carbocycles. The average Bonchev–Trinajstić information content (AvgIpc) is 3.83. The highest BCUT2D eigenvalue weighted by molar-refractivity contribution is 6.11. The lowest BCUT2D eigenvalue weighted by Gasteiger charge is -2.30. The molecule has 1 aromatic heterocycles. The summed E-state index contributed by atoms with van der Waals surface area (Å²) in [6, 6.07) is 63.4. The van der Waals surface area contributed by atoms with Crippen LogP contribution in [0.5, 0.6) is 0 Å². The summed E-state index contributed by atoms with van der Waals surface area (Å²) in [5, 5.41) is 2.23. The summed E-state index contributed by atoms with van der Waals surface area (Å²) in [6.45, 7) is 18.6. The first-order chi connectivity index (χ1) is 32.2. The summed E-state index contributed by atoms with van der Waals surface area (Å²) in [7, 11) is 0. The zero-order valence-electron chi connectivity index (χ0n) is 40.2. The van der Waals surface area contributed by atoms with Gasteiger partial charge in [0, 0.05) is 38.7 Å². The van der Waals surface area contributed by atoms with Crippen LogP contribution in [-0.4, -0.2) is 0 Å². The Morgan fingerprint density at radius 3 is 1.84 bits per heavy atom. The molecule has 2 heteroatoms. The van der Waals surface area contributed by atoms with Crippen molar-refractivity contribution in [3.63, 3.8) is 0 Å². The third-order valence-electron chi connectivity index (χ3n) is 14.4. The Hall–Kier alpha value is -7.16. The number of hydrogen-bond donors (Lipinski definition) is 0. The standard InChI is InChI=1S/C65H59NO/c1-63(2,3)48-36-47(37-49(40-48)64(4,5)6)46-29-34-55-57-24-17-23-56(62(57)67-61(55)39-46)54-33-28-45(43-20-13-10-14-21-43)38-60(54)66(50-30-26-44(27-31-50)42-18-11-9-12-19-42)51-32-35-53-52-22-15-16-25-58(52)65(7,8)59(53)41-51/h9,11-13,15-41H,10,14H2,1-8H3. The van der Waals surface area contributed by atoms with Gasteiger partial charge in [0.25, 0.3) is 0 Å². The Balaban J connectivity index is 1.12. The van der Waals surface area contributed by atoms with Crippen molar-refractivity contribution in [2.24, 2.45) is 0 Å². The van der Waals surface area contributed by atoms with Crippen LogP contribution in [-0.2, 0) is 16.2 Å². The lowest BCUT2D eigenvalue weighted by atomic mass is 9.79. The molecule has 11 rings (SSSR count). The van der Waals surface area contributed by atoms with Gasteiger partial charge in [-0.05, 0) is 133 Å². The molecule has 2 aliphatic rings. The van der Waals surface area contributed by atoms with Crippen LogP contribution in [0, 0.1) is 0 Å². The molecule has 2 nitrogen and oxygen atoms in total. The minimum Gasteiger partial charge on any atom is -0.455 e. The first kappa shape index (κ1) is 42.5. The lowest BCUT2D eigenvalue weighted by molar-refractivity contribution is 0.569. The molecule has 2 aliphatic carbocycles. The van der Waals surface area contributed by atoms with Gasteiger partial charge in [0.15, 0.2) is 0 Å². The second-order valence-corrected chi connectivity index (χ2v) is 21.3. The molecule has 330 valence electrons. The Kier molecular flexibility index (Phi) is 10.2. The summed E-state index contributed by atoms with van der Waals surface area (Å²) in [5.41, 5.74) is 22.4. The van der Waals surface area contributed by atoms with Gasteiger partial charge >= 0.3 is 0 Å². The van der Waals surface area contributed by atoms with Crippen LogP contribution in [0.4, 0.5) is 17.1 Å². The second kappa shape index (κ2) is 16.0. The van der Waals surface area contributed by atoms with Gasteiger partial charge in [-0.15, -0.1) is 0 Å². The van der Waals surface area contributed by atoms with E-state index in [2.05, 4.69) is 248 Å². The first-order valence-electron chi connectivity index (χ1n) is 24.1. The SMILES string of the molecule is CC(C)(C)c1cc(-c2ccc3c(c2)oc2c(-c4ccc(C5=CCCC=C5)cc4N(c4ccc(-c5ccccc5)cc4)c4ccc5c(c4)C(C)(C)c4ccccc4-5)cccc23)cc(C(C)(C)C)c1. The maximum Gasteiger partial charge on any atom is 0.143 e. The van der Waals surface area contributed by atoms with Crippen molar-refractivity contribution in [3.05, 3.63) is 216 Å². The fraction of sp³-hybridized carbons (Fsp3) is 0.200. The highest BCUT2D eigenvalue weighted by Gasteiger charge is 2.36. The zero-order chi connectivity index (χ0) is 46.2. The highest BCUT2D eigenvalue weighted by Crippen LogP contribution is 2.52. The number of allylic oxidation sites excluding steroid dienone is 4. The molecule has 0 fully saturated rings. The Morgan fingerprint density at radius 2 is 1.10 bits per heavy atom. The number of benzene rings is 8. The van der Waals surface area contributed by atoms with E-state index in [0.717, 1.165) is 68.5 Å². The molecule has 0 unspecified atom stereocenters. The van der Waals surface area contributed by atoms with Crippen LogP contribution in [0.2, 0.25) is 0 Å². The normalized spacial score (nSPS) is 14.3. The van der Waals surface area contributed by atoms with Crippen molar-refractivity contribution in [1.29, 1.82) is 0 Å². The number of anilines is 3. The minimum atomic E-state index is -0.158. The van der Waals surface area contributed by atoms with Gasteiger partial charge in [-0.2, -0.15) is 0 Å². The van der Waals surface area contributed by atoms with Crippen molar-refractivity contribution in [2.45, 2.75) is 84.5 Å². The van der Waals surface area contributed by atoms with E-state index in [1.807, 2.05) is 0 Å². The predicted octanol–water partition coefficient (Wildman–Crippen LogP) is 18.7. The van der Waals surface area contributed by atoms with E-state index < -0.39 is 0 Å². The number of fused-ring (bicyclic) bond motifs is 6. The Bertz CT molecular complexity index is 3400. The molecule has 0 aliphatic heterocycles. The van der Waals surface area contributed by atoms with Crippen LogP contribution in [0.25, 0.3) is 72.0 Å².